The molecule has 2 aliphatic heterocycles. The molecule has 0 N–H and O–H groups in total. The zero-order chi connectivity index (χ0) is 22.8. The van der Waals surface area contributed by atoms with Gasteiger partial charge < -0.3 is 9.64 Å². The van der Waals surface area contributed by atoms with Crippen LogP contribution in [0, 0.1) is 11.3 Å². The molecule has 9 nitrogen and oxygen atoms in total. The van der Waals surface area contributed by atoms with E-state index in [1.54, 1.807) is 37.8 Å². The topological polar surface area (TPSA) is 111 Å². The maximum atomic E-state index is 13.1. The van der Waals surface area contributed by atoms with Gasteiger partial charge in [0.1, 0.15) is 17.7 Å². The maximum Gasteiger partial charge on any atom is 0.410 e. The van der Waals surface area contributed by atoms with E-state index < -0.39 is 27.8 Å². The Balaban J connectivity index is 1.66. The Kier molecular flexibility index (Phi) is 6.57. The van der Waals surface area contributed by atoms with E-state index in [1.165, 1.54) is 21.3 Å². The van der Waals surface area contributed by atoms with Gasteiger partial charge in [-0.25, -0.2) is 13.2 Å². The van der Waals surface area contributed by atoms with E-state index in [0.29, 0.717) is 13.0 Å². The number of sulfonamides is 1. The van der Waals surface area contributed by atoms with Crippen LogP contribution in [-0.4, -0.2) is 78.9 Å². The summed E-state index contributed by atoms with van der Waals surface area (Å²) in [6.45, 7) is 6.52. The number of carbonyl (C=O) groups excluding carboxylic acids is 2. The Morgan fingerprint density at radius 2 is 1.74 bits per heavy atom. The second kappa shape index (κ2) is 8.85. The highest BCUT2D eigenvalue weighted by Gasteiger charge is 2.40. The summed E-state index contributed by atoms with van der Waals surface area (Å²) in [5.74, 6) is -0.183. The predicted octanol–water partition coefficient (Wildman–Crippen LogP) is 1.79. The minimum absolute atomic E-state index is 0.0239. The van der Waals surface area contributed by atoms with Crippen molar-refractivity contribution in [1.29, 1.82) is 5.26 Å². The van der Waals surface area contributed by atoms with Crippen molar-refractivity contribution < 1.29 is 22.7 Å². The van der Waals surface area contributed by atoms with E-state index in [-0.39, 0.29) is 42.5 Å². The second-order valence-corrected chi connectivity index (χ2v) is 10.6. The Labute approximate surface area is 183 Å². The molecule has 1 aromatic rings. The van der Waals surface area contributed by atoms with Crippen LogP contribution < -0.4 is 0 Å². The molecule has 0 radical (unpaired) electrons. The molecule has 2 fully saturated rings. The van der Waals surface area contributed by atoms with E-state index in [0.717, 1.165) is 6.42 Å². The third-order valence-electron chi connectivity index (χ3n) is 5.34. The molecule has 0 aromatic heterocycles. The standard InChI is InChI=1S/C21H28N4O5S/c1-21(2,3)30-20(27)25-10-6-8-17(25)19(26)23-11-13-24(14-12-23)31(28,29)18-9-5-4-7-16(18)15-22/h4-5,7,9,17H,6,8,10-14H2,1-3H3/t17-/m0/s1. The Morgan fingerprint density at radius 1 is 1.10 bits per heavy atom. The lowest BCUT2D eigenvalue weighted by Gasteiger charge is -2.37. The molecule has 1 atom stereocenters. The van der Waals surface area contributed by atoms with Crippen molar-refractivity contribution in [3.63, 3.8) is 0 Å². The Hall–Kier alpha value is -2.64. The first-order valence-corrected chi connectivity index (χ1v) is 11.8. The predicted molar refractivity (Wildman–Crippen MR) is 112 cm³/mol. The molecule has 0 spiro atoms. The van der Waals surface area contributed by atoms with Crippen LogP contribution in [0.4, 0.5) is 4.79 Å². The highest BCUT2D eigenvalue weighted by Crippen LogP contribution is 2.25. The normalized spacial score (nSPS) is 20.4. The number of ether oxygens (including phenoxy) is 1. The SMILES string of the molecule is CC(C)(C)OC(=O)N1CCC[C@H]1C(=O)N1CCN(S(=O)(=O)c2ccccc2C#N)CC1. The lowest BCUT2D eigenvalue weighted by Crippen LogP contribution is -2.55. The summed E-state index contributed by atoms with van der Waals surface area (Å²) in [6.07, 6.45) is 0.777. The average molecular weight is 449 g/mol. The lowest BCUT2D eigenvalue weighted by molar-refractivity contribution is -0.137. The van der Waals surface area contributed by atoms with Gasteiger partial charge in [-0.2, -0.15) is 9.57 Å². The summed E-state index contributed by atoms with van der Waals surface area (Å²) >= 11 is 0. The molecule has 2 heterocycles. The molecule has 2 aliphatic rings. The maximum absolute atomic E-state index is 13.1. The number of nitriles is 1. The molecule has 0 aliphatic carbocycles. The van der Waals surface area contributed by atoms with Crippen LogP contribution in [0.5, 0.6) is 0 Å². The van der Waals surface area contributed by atoms with Gasteiger partial charge in [0, 0.05) is 32.7 Å². The molecule has 0 bridgehead atoms. The average Bonchev–Trinajstić information content (AvgIpc) is 3.22. The first-order chi connectivity index (χ1) is 14.5. The molecule has 31 heavy (non-hydrogen) atoms. The highest BCUT2D eigenvalue weighted by atomic mass is 32.2. The van der Waals surface area contributed by atoms with Crippen molar-refractivity contribution in [3.8, 4) is 6.07 Å². The molecule has 2 saturated heterocycles. The Bertz CT molecular complexity index is 988. The van der Waals surface area contributed by atoms with Gasteiger partial charge in [-0.3, -0.25) is 9.69 Å². The zero-order valence-electron chi connectivity index (χ0n) is 18.1. The van der Waals surface area contributed by atoms with Crippen LogP contribution in [0.1, 0.15) is 39.2 Å². The number of piperazine rings is 1. The van der Waals surface area contributed by atoms with Crippen molar-refractivity contribution in [2.24, 2.45) is 0 Å². The van der Waals surface area contributed by atoms with E-state index in [2.05, 4.69) is 0 Å². The summed E-state index contributed by atoms with van der Waals surface area (Å²) in [5.41, 5.74) is -0.549. The molecular formula is C21H28N4O5S. The quantitative estimate of drug-likeness (QED) is 0.697. The van der Waals surface area contributed by atoms with Crippen molar-refractivity contribution in [2.45, 2.75) is 50.2 Å². The summed E-state index contributed by atoms with van der Waals surface area (Å²) in [5, 5.41) is 9.23. The number of benzene rings is 1. The molecule has 3 rings (SSSR count). The molecule has 0 unspecified atom stereocenters. The van der Waals surface area contributed by atoms with Gasteiger partial charge >= 0.3 is 6.09 Å². The van der Waals surface area contributed by atoms with Crippen LogP contribution >= 0.6 is 0 Å². The minimum atomic E-state index is -3.83. The number of hydrogen-bond acceptors (Lipinski definition) is 6. The molecule has 1 aromatic carbocycles. The molecule has 0 saturated carbocycles. The number of likely N-dealkylation sites (tertiary alicyclic amines) is 1. The molecular weight excluding hydrogens is 420 g/mol. The van der Waals surface area contributed by atoms with Crippen LogP contribution in [0.25, 0.3) is 0 Å². The van der Waals surface area contributed by atoms with E-state index >= 15 is 0 Å². The van der Waals surface area contributed by atoms with Gasteiger partial charge in [0.25, 0.3) is 0 Å². The fourth-order valence-electron chi connectivity index (χ4n) is 3.85. The number of nitrogens with zero attached hydrogens (tertiary/aromatic N) is 4. The van der Waals surface area contributed by atoms with Crippen molar-refractivity contribution in [3.05, 3.63) is 29.8 Å². The number of rotatable bonds is 3. The Morgan fingerprint density at radius 3 is 2.35 bits per heavy atom. The third-order valence-corrected chi connectivity index (χ3v) is 7.30. The van der Waals surface area contributed by atoms with Crippen molar-refractivity contribution >= 4 is 22.0 Å². The van der Waals surface area contributed by atoms with Crippen LogP contribution in [-0.2, 0) is 19.6 Å². The van der Waals surface area contributed by atoms with E-state index in [9.17, 15) is 23.3 Å². The van der Waals surface area contributed by atoms with Gasteiger partial charge in [-0.05, 0) is 45.7 Å². The van der Waals surface area contributed by atoms with E-state index in [1.807, 2.05) is 6.07 Å². The van der Waals surface area contributed by atoms with E-state index in [4.69, 9.17) is 4.74 Å². The molecule has 10 heteroatoms. The summed E-state index contributed by atoms with van der Waals surface area (Å²) < 4.78 is 32.7. The fourth-order valence-corrected chi connectivity index (χ4v) is 5.41. The number of amides is 2. The molecule has 168 valence electrons. The van der Waals surface area contributed by atoms with Crippen LogP contribution in [0.2, 0.25) is 0 Å². The highest BCUT2D eigenvalue weighted by molar-refractivity contribution is 7.89. The first-order valence-electron chi connectivity index (χ1n) is 10.3. The van der Waals surface area contributed by atoms with Gasteiger partial charge in [0.2, 0.25) is 15.9 Å². The smallest absolute Gasteiger partial charge is 0.410 e. The fraction of sp³-hybridized carbons (Fsp3) is 0.571. The lowest BCUT2D eigenvalue weighted by atomic mass is 10.1. The zero-order valence-corrected chi connectivity index (χ0v) is 18.9. The largest absolute Gasteiger partial charge is 0.444 e. The van der Waals surface area contributed by atoms with Crippen molar-refractivity contribution in [2.75, 3.05) is 32.7 Å². The minimum Gasteiger partial charge on any atom is -0.444 e. The van der Waals surface area contributed by atoms with Gasteiger partial charge in [-0.15, -0.1) is 0 Å². The summed E-state index contributed by atoms with van der Waals surface area (Å²) in [7, 11) is -3.83. The first kappa shape index (κ1) is 23.0. The second-order valence-electron chi connectivity index (χ2n) is 8.67. The monoisotopic (exact) mass is 448 g/mol. The summed E-state index contributed by atoms with van der Waals surface area (Å²) in [6, 6.07) is 7.42. The van der Waals surface area contributed by atoms with Crippen LogP contribution in [0.3, 0.4) is 0 Å². The third kappa shape index (κ3) is 4.99. The van der Waals surface area contributed by atoms with Gasteiger partial charge in [-0.1, -0.05) is 12.1 Å². The summed E-state index contributed by atoms with van der Waals surface area (Å²) in [4.78, 5) is 28.6. The number of carbonyl (C=O) groups is 2. The number of hydrogen-bond donors (Lipinski definition) is 0. The van der Waals surface area contributed by atoms with Gasteiger partial charge in [0.15, 0.2) is 0 Å². The molecule has 2 amide bonds. The van der Waals surface area contributed by atoms with Gasteiger partial charge in [0.05, 0.1) is 10.5 Å². The van der Waals surface area contributed by atoms with Crippen molar-refractivity contribution in [1.82, 2.24) is 14.1 Å². The van der Waals surface area contributed by atoms with Crippen LogP contribution in [0.15, 0.2) is 29.2 Å².